The standard InChI is InChI=1S/C25H32N4O5/c1-6-29(7-2)19-10-8-18(21(13-19)32-5)14-26-28-25(31)23(16(3)4)27-24(30)17-9-11-20-22(12-17)34-15-33-20/h8-14,16,23H,6-7,15H2,1-5H3,(H,27,30)(H,28,31)/b26-14+/t23-/m0/s1. The summed E-state index contributed by atoms with van der Waals surface area (Å²) in [4.78, 5) is 27.7. The highest BCUT2D eigenvalue weighted by Gasteiger charge is 2.25. The van der Waals surface area contributed by atoms with Crippen LogP contribution in [0.5, 0.6) is 17.2 Å². The number of nitrogens with zero attached hydrogens (tertiary/aromatic N) is 2. The summed E-state index contributed by atoms with van der Waals surface area (Å²) < 4.78 is 16.1. The summed E-state index contributed by atoms with van der Waals surface area (Å²) in [6.07, 6.45) is 1.53. The van der Waals surface area contributed by atoms with E-state index in [-0.39, 0.29) is 18.6 Å². The fourth-order valence-corrected chi connectivity index (χ4v) is 3.62. The Hall–Kier alpha value is -3.75. The molecule has 2 aromatic carbocycles. The van der Waals surface area contributed by atoms with Gasteiger partial charge in [0.25, 0.3) is 11.8 Å². The van der Waals surface area contributed by atoms with Crippen LogP contribution in [0.15, 0.2) is 41.5 Å². The summed E-state index contributed by atoms with van der Waals surface area (Å²) in [6, 6.07) is 9.94. The van der Waals surface area contributed by atoms with Crippen LogP contribution in [0.3, 0.4) is 0 Å². The van der Waals surface area contributed by atoms with Gasteiger partial charge in [0.05, 0.1) is 13.3 Å². The number of hydrazone groups is 1. The number of ether oxygens (including phenoxy) is 3. The maximum atomic E-state index is 12.8. The van der Waals surface area contributed by atoms with Gasteiger partial charge in [0.1, 0.15) is 11.8 Å². The molecule has 9 heteroatoms. The zero-order valence-electron chi connectivity index (χ0n) is 20.3. The first kappa shape index (κ1) is 24.9. The lowest BCUT2D eigenvalue weighted by atomic mass is 10.0. The summed E-state index contributed by atoms with van der Waals surface area (Å²) in [7, 11) is 1.59. The third-order valence-electron chi connectivity index (χ3n) is 5.59. The van der Waals surface area contributed by atoms with Gasteiger partial charge in [-0.25, -0.2) is 5.43 Å². The number of nitrogens with one attached hydrogen (secondary N) is 2. The second kappa shape index (κ2) is 11.4. The topological polar surface area (TPSA) is 101 Å². The zero-order valence-corrected chi connectivity index (χ0v) is 20.3. The summed E-state index contributed by atoms with van der Waals surface area (Å²) >= 11 is 0. The highest BCUT2D eigenvalue weighted by Crippen LogP contribution is 2.32. The van der Waals surface area contributed by atoms with E-state index >= 15 is 0 Å². The van der Waals surface area contributed by atoms with Crippen LogP contribution >= 0.6 is 0 Å². The molecule has 0 radical (unpaired) electrons. The predicted molar refractivity (Wildman–Crippen MR) is 131 cm³/mol. The molecular weight excluding hydrogens is 436 g/mol. The van der Waals surface area contributed by atoms with E-state index in [0.29, 0.717) is 22.8 Å². The Morgan fingerprint density at radius 1 is 1.12 bits per heavy atom. The maximum absolute atomic E-state index is 12.8. The van der Waals surface area contributed by atoms with E-state index in [4.69, 9.17) is 14.2 Å². The fraction of sp³-hybridized carbons (Fsp3) is 0.400. The summed E-state index contributed by atoms with van der Waals surface area (Å²) in [5.41, 5.74) is 4.68. The van der Waals surface area contributed by atoms with Gasteiger partial charge >= 0.3 is 0 Å². The third kappa shape index (κ3) is 5.78. The van der Waals surface area contributed by atoms with E-state index < -0.39 is 11.9 Å². The van der Waals surface area contributed by atoms with Crippen molar-refractivity contribution >= 4 is 23.7 Å². The number of amides is 2. The third-order valence-corrected chi connectivity index (χ3v) is 5.59. The molecule has 1 aliphatic heterocycles. The van der Waals surface area contributed by atoms with E-state index in [1.54, 1.807) is 25.3 Å². The van der Waals surface area contributed by atoms with Crippen LogP contribution in [-0.2, 0) is 4.79 Å². The van der Waals surface area contributed by atoms with Crippen LogP contribution in [0.2, 0.25) is 0 Å². The molecule has 2 aromatic rings. The second-order valence-corrected chi connectivity index (χ2v) is 8.10. The number of benzene rings is 2. The average molecular weight is 469 g/mol. The SMILES string of the molecule is CCN(CC)c1ccc(/C=N/NC(=O)[C@@H](NC(=O)c2ccc3c(c2)OCO3)C(C)C)c(OC)c1. The van der Waals surface area contributed by atoms with Crippen molar-refractivity contribution in [3.63, 3.8) is 0 Å². The van der Waals surface area contributed by atoms with Crippen molar-refractivity contribution in [1.82, 2.24) is 10.7 Å². The van der Waals surface area contributed by atoms with Crippen molar-refractivity contribution in [1.29, 1.82) is 0 Å². The predicted octanol–water partition coefficient (Wildman–Crippen LogP) is 3.17. The van der Waals surface area contributed by atoms with Gasteiger partial charge in [0.2, 0.25) is 6.79 Å². The second-order valence-electron chi connectivity index (χ2n) is 8.10. The highest BCUT2D eigenvalue weighted by molar-refractivity contribution is 5.98. The number of hydrogen-bond donors (Lipinski definition) is 2. The molecule has 2 N–H and O–H groups in total. The number of carbonyl (C=O) groups is 2. The van der Waals surface area contributed by atoms with Crippen molar-refractivity contribution in [3.8, 4) is 17.2 Å². The van der Waals surface area contributed by atoms with Gasteiger partial charge in [0, 0.05) is 36.0 Å². The van der Waals surface area contributed by atoms with Crippen LogP contribution in [0.4, 0.5) is 5.69 Å². The molecule has 2 amide bonds. The molecule has 1 heterocycles. The normalized spacial score (nSPS) is 13.1. The van der Waals surface area contributed by atoms with Gasteiger partial charge in [-0.15, -0.1) is 0 Å². The summed E-state index contributed by atoms with van der Waals surface area (Å²) in [5, 5.41) is 6.87. The molecule has 0 aliphatic carbocycles. The first-order valence-electron chi connectivity index (χ1n) is 11.3. The molecular formula is C25H32N4O5. The lowest BCUT2D eigenvalue weighted by molar-refractivity contribution is -0.123. The van der Waals surface area contributed by atoms with Crippen molar-refractivity contribution in [2.75, 3.05) is 31.9 Å². The number of rotatable bonds is 10. The Morgan fingerprint density at radius 2 is 1.85 bits per heavy atom. The first-order valence-corrected chi connectivity index (χ1v) is 11.3. The van der Waals surface area contributed by atoms with Gasteiger partial charge in [-0.1, -0.05) is 13.8 Å². The molecule has 9 nitrogen and oxygen atoms in total. The lowest BCUT2D eigenvalue weighted by Crippen LogP contribution is -2.48. The molecule has 0 fully saturated rings. The molecule has 0 bridgehead atoms. The molecule has 0 saturated heterocycles. The van der Waals surface area contributed by atoms with Crippen LogP contribution in [0, 0.1) is 5.92 Å². The molecule has 1 aliphatic rings. The van der Waals surface area contributed by atoms with Crippen molar-refractivity contribution in [2.45, 2.75) is 33.7 Å². The Kier molecular flexibility index (Phi) is 8.34. The minimum Gasteiger partial charge on any atom is -0.496 e. The minimum atomic E-state index is -0.776. The van der Waals surface area contributed by atoms with Gasteiger partial charge < -0.3 is 24.4 Å². The number of carbonyl (C=O) groups excluding carboxylic acids is 2. The molecule has 0 spiro atoms. The van der Waals surface area contributed by atoms with E-state index in [1.807, 2.05) is 32.0 Å². The average Bonchev–Trinajstić information content (AvgIpc) is 3.31. The van der Waals surface area contributed by atoms with Crippen LogP contribution in [0.1, 0.15) is 43.6 Å². The van der Waals surface area contributed by atoms with E-state index in [2.05, 4.69) is 34.6 Å². The van der Waals surface area contributed by atoms with E-state index in [1.165, 1.54) is 6.21 Å². The van der Waals surface area contributed by atoms with Gasteiger partial charge in [-0.2, -0.15) is 5.10 Å². The fourth-order valence-electron chi connectivity index (χ4n) is 3.62. The van der Waals surface area contributed by atoms with Gasteiger partial charge in [-0.3, -0.25) is 9.59 Å². The number of methoxy groups -OCH3 is 1. The minimum absolute atomic E-state index is 0.123. The Balaban J connectivity index is 1.66. The maximum Gasteiger partial charge on any atom is 0.262 e. The molecule has 1 atom stereocenters. The van der Waals surface area contributed by atoms with E-state index in [9.17, 15) is 9.59 Å². The number of anilines is 1. The molecule has 182 valence electrons. The molecule has 0 saturated carbocycles. The van der Waals surface area contributed by atoms with Crippen molar-refractivity contribution in [3.05, 3.63) is 47.5 Å². The Bertz CT molecular complexity index is 1050. The summed E-state index contributed by atoms with van der Waals surface area (Å²) in [5.74, 6) is 0.784. The number of hydrogen-bond acceptors (Lipinski definition) is 7. The largest absolute Gasteiger partial charge is 0.496 e. The van der Waals surface area contributed by atoms with Crippen LogP contribution in [0.25, 0.3) is 0 Å². The van der Waals surface area contributed by atoms with E-state index in [0.717, 1.165) is 24.3 Å². The van der Waals surface area contributed by atoms with Gasteiger partial charge in [-0.05, 0) is 50.1 Å². The van der Waals surface area contributed by atoms with Crippen molar-refractivity contribution in [2.24, 2.45) is 11.0 Å². The molecule has 0 unspecified atom stereocenters. The highest BCUT2D eigenvalue weighted by atomic mass is 16.7. The van der Waals surface area contributed by atoms with Crippen LogP contribution in [-0.4, -0.2) is 51.1 Å². The zero-order chi connectivity index (χ0) is 24.7. The van der Waals surface area contributed by atoms with Crippen LogP contribution < -0.4 is 29.9 Å². The molecule has 0 aromatic heterocycles. The summed E-state index contributed by atoms with van der Waals surface area (Å²) in [6.45, 7) is 9.79. The Morgan fingerprint density at radius 3 is 2.53 bits per heavy atom. The lowest BCUT2D eigenvalue weighted by Gasteiger charge is -2.22. The number of fused-ring (bicyclic) bond motifs is 1. The monoisotopic (exact) mass is 468 g/mol. The molecule has 3 rings (SSSR count). The first-order chi connectivity index (χ1) is 16.4. The van der Waals surface area contributed by atoms with Crippen molar-refractivity contribution < 1.29 is 23.8 Å². The Labute approximate surface area is 200 Å². The molecule has 34 heavy (non-hydrogen) atoms. The van der Waals surface area contributed by atoms with Gasteiger partial charge in [0.15, 0.2) is 11.5 Å². The smallest absolute Gasteiger partial charge is 0.262 e. The quantitative estimate of drug-likeness (QED) is 0.410.